The summed E-state index contributed by atoms with van der Waals surface area (Å²) in [5.41, 5.74) is 8.12. The summed E-state index contributed by atoms with van der Waals surface area (Å²) < 4.78 is 0. The molecule has 0 spiro atoms. The first-order valence-corrected chi connectivity index (χ1v) is 8.66. The summed E-state index contributed by atoms with van der Waals surface area (Å²) in [6.45, 7) is 6.98. The van der Waals surface area contributed by atoms with E-state index < -0.39 is 0 Å². The maximum Gasteiger partial charge on any atom is 0.255 e. The zero-order valence-electron chi connectivity index (χ0n) is 16.3. The Morgan fingerprint density at radius 3 is 2.41 bits per heavy atom. The number of carbonyl (C=O) groups is 2. The van der Waals surface area contributed by atoms with Gasteiger partial charge in [-0.05, 0) is 43.1 Å². The predicted molar refractivity (Wildman–Crippen MR) is 113 cm³/mol. The number of para-hydroxylation sites is 1. The summed E-state index contributed by atoms with van der Waals surface area (Å²) in [6.07, 6.45) is 0. The lowest BCUT2D eigenvalue weighted by Gasteiger charge is -2.29. The first-order valence-electron chi connectivity index (χ1n) is 8.66. The van der Waals surface area contributed by atoms with Gasteiger partial charge in [0.2, 0.25) is 0 Å². The van der Waals surface area contributed by atoms with Crippen LogP contribution in [0.15, 0.2) is 48.5 Å². The molecule has 0 heterocycles. The van der Waals surface area contributed by atoms with Crippen molar-refractivity contribution in [2.75, 3.05) is 25.5 Å². The highest BCUT2D eigenvalue weighted by atomic mass is 35.5. The Labute approximate surface area is 167 Å². The van der Waals surface area contributed by atoms with Crippen molar-refractivity contribution in [3.8, 4) is 0 Å². The van der Waals surface area contributed by atoms with Crippen molar-refractivity contribution in [1.82, 2.24) is 4.90 Å². The highest BCUT2D eigenvalue weighted by Gasteiger charge is 2.23. The summed E-state index contributed by atoms with van der Waals surface area (Å²) in [7, 11) is 1.75. The quantitative estimate of drug-likeness (QED) is 0.790. The van der Waals surface area contributed by atoms with Crippen LogP contribution < -0.4 is 11.1 Å². The van der Waals surface area contributed by atoms with Crippen LogP contribution in [0.1, 0.15) is 40.1 Å². The average molecular weight is 390 g/mol. The van der Waals surface area contributed by atoms with Crippen molar-refractivity contribution in [3.63, 3.8) is 0 Å². The molecule has 27 heavy (non-hydrogen) atoms. The zero-order valence-corrected chi connectivity index (χ0v) is 17.1. The highest BCUT2D eigenvalue weighted by molar-refractivity contribution is 6.09. The van der Waals surface area contributed by atoms with Crippen LogP contribution in [-0.2, 0) is 0 Å². The smallest absolute Gasteiger partial charge is 0.255 e. The lowest BCUT2D eigenvalue weighted by molar-refractivity contribution is 0.0741. The van der Waals surface area contributed by atoms with Gasteiger partial charge in [-0.1, -0.05) is 43.7 Å². The minimum Gasteiger partial charge on any atom is -0.341 e. The summed E-state index contributed by atoms with van der Waals surface area (Å²) in [6, 6.07) is 14.4. The molecule has 0 fully saturated rings. The van der Waals surface area contributed by atoms with Gasteiger partial charge in [0.25, 0.3) is 11.8 Å². The molecule has 2 amide bonds. The third-order valence-electron chi connectivity index (χ3n) is 4.25. The van der Waals surface area contributed by atoms with Crippen LogP contribution in [0.4, 0.5) is 5.69 Å². The molecule has 6 heteroatoms. The number of nitrogens with two attached hydrogens (primary N) is 1. The summed E-state index contributed by atoms with van der Waals surface area (Å²) >= 11 is 0. The SMILES string of the molecule is Cc1cccc(C(=O)Nc2ccccc2C(=O)N(C)CC(C)(C)CN)c1.Cl. The maximum atomic E-state index is 12.9. The second-order valence-corrected chi connectivity index (χ2v) is 7.40. The minimum atomic E-state index is -0.237. The van der Waals surface area contributed by atoms with Crippen LogP contribution in [0.2, 0.25) is 0 Å². The van der Waals surface area contributed by atoms with Crippen molar-refractivity contribution < 1.29 is 9.59 Å². The van der Waals surface area contributed by atoms with E-state index in [4.69, 9.17) is 5.73 Å². The van der Waals surface area contributed by atoms with Gasteiger partial charge in [-0.3, -0.25) is 9.59 Å². The van der Waals surface area contributed by atoms with Crippen molar-refractivity contribution in [1.29, 1.82) is 0 Å². The van der Waals surface area contributed by atoms with E-state index in [2.05, 4.69) is 5.32 Å². The average Bonchev–Trinajstić information content (AvgIpc) is 2.61. The van der Waals surface area contributed by atoms with E-state index in [9.17, 15) is 9.59 Å². The van der Waals surface area contributed by atoms with E-state index in [-0.39, 0.29) is 29.6 Å². The molecule has 0 aromatic heterocycles. The molecule has 2 aromatic carbocycles. The molecule has 5 nitrogen and oxygen atoms in total. The minimum absolute atomic E-state index is 0. The fraction of sp³-hybridized carbons (Fsp3) is 0.333. The number of halogens is 1. The van der Waals surface area contributed by atoms with Crippen LogP contribution in [-0.4, -0.2) is 36.9 Å². The second kappa shape index (κ2) is 9.53. The largest absolute Gasteiger partial charge is 0.341 e. The fourth-order valence-corrected chi connectivity index (χ4v) is 2.74. The van der Waals surface area contributed by atoms with Gasteiger partial charge in [-0.15, -0.1) is 12.4 Å². The molecule has 0 aliphatic heterocycles. The third-order valence-corrected chi connectivity index (χ3v) is 4.25. The van der Waals surface area contributed by atoms with E-state index >= 15 is 0 Å². The Bertz CT molecular complexity index is 806. The summed E-state index contributed by atoms with van der Waals surface area (Å²) in [4.78, 5) is 27.0. The van der Waals surface area contributed by atoms with Gasteiger partial charge in [0.15, 0.2) is 0 Å². The number of anilines is 1. The molecule has 0 radical (unpaired) electrons. The van der Waals surface area contributed by atoms with E-state index in [1.165, 1.54) is 0 Å². The van der Waals surface area contributed by atoms with Crippen molar-refractivity contribution in [2.45, 2.75) is 20.8 Å². The number of amides is 2. The summed E-state index contributed by atoms with van der Waals surface area (Å²) in [5.74, 6) is -0.384. The van der Waals surface area contributed by atoms with Gasteiger partial charge >= 0.3 is 0 Å². The Morgan fingerprint density at radius 1 is 1.11 bits per heavy atom. The van der Waals surface area contributed by atoms with Crippen molar-refractivity contribution in [3.05, 3.63) is 65.2 Å². The molecule has 2 aromatic rings. The van der Waals surface area contributed by atoms with E-state index in [1.54, 1.807) is 42.3 Å². The molecule has 0 saturated carbocycles. The first kappa shape index (κ1) is 22.7. The molecule has 0 aliphatic carbocycles. The van der Waals surface area contributed by atoms with E-state index in [1.807, 2.05) is 39.0 Å². The number of carbonyl (C=O) groups excluding carboxylic acids is 2. The van der Waals surface area contributed by atoms with Gasteiger partial charge < -0.3 is 16.0 Å². The van der Waals surface area contributed by atoms with Gasteiger partial charge in [0.05, 0.1) is 11.3 Å². The summed E-state index contributed by atoms with van der Waals surface area (Å²) in [5, 5.41) is 2.86. The molecule has 146 valence electrons. The number of nitrogens with zero attached hydrogens (tertiary/aromatic N) is 1. The Kier molecular flexibility index (Phi) is 8.00. The van der Waals surface area contributed by atoms with Gasteiger partial charge in [0.1, 0.15) is 0 Å². The number of nitrogens with one attached hydrogen (secondary N) is 1. The van der Waals surface area contributed by atoms with E-state index in [0.29, 0.717) is 29.9 Å². The molecule has 0 aliphatic rings. The Balaban J connectivity index is 0.00000364. The van der Waals surface area contributed by atoms with Crippen LogP contribution in [0.25, 0.3) is 0 Å². The fourth-order valence-electron chi connectivity index (χ4n) is 2.74. The van der Waals surface area contributed by atoms with Crippen LogP contribution in [0.3, 0.4) is 0 Å². The number of aryl methyl sites for hydroxylation is 1. The number of benzene rings is 2. The highest BCUT2D eigenvalue weighted by Crippen LogP contribution is 2.21. The topological polar surface area (TPSA) is 75.4 Å². The molecule has 0 unspecified atom stereocenters. The first-order chi connectivity index (χ1) is 12.2. The molecule has 3 N–H and O–H groups in total. The third kappa shape index (κ3) is 6.08. The second-order valence-electron chi connectivity index (χ2n) is 7.40. The van der Waals surface area contributed by atoms with Crippen LogP contribution >= 0.6 is 12.4 Å². The molecular formula is C21H28ClN3O2. The monoisotopic (exact) mass is 389 g/mol. The maximum absolute atomic E-state index is 12.9. The zero-order chi connectivity index (χ0) is 19.3. The van der Waals surface area contributed by atoms with Gasteiger partial charge in [-0.2, -0.15) is 0 Å². The Morgan fingerprint density at radius 2 is 1.78 bits per heavy atom. The lowest BCUT2D eigenvalue weighted by Crippen LogP contribution is -2.40. The molecule has 0 bridgehead atoms. The molecule has 0 saturated heterocycles. The molecule has 2 rings (SSSR count). The van der Waals surface area contributed by atoms with Crippen LogP contribution in [0, 0.1) is 12.3 Å². The van der Waals surface area contributed by atoms with Gasteiger partial charge in [-0.25, -0.2) is 0 Å². The number of hydrogen-bond donors (Lipinski definition) is 2. The van der Waals surface area contributed by atoms with Crippen molar-refractivity contribution in [2.24, 2.45) is 11.1 Å². The number of rotatable bonds is 6. The Hall–Kier alpha value is -2.37. The van der Waals surface area contributed by atoms with E-state index in [0.717, 1.165) is 5.56 Å². The molecular weight excluding hydrogens is 362 g/mol. The lowest BCUT2D eigenvalue weighted by atomic mass is 9.93. The standard InChI is InChI=1S/C21H27N3O2.ClH/c1-15-8-7-9-16(12-15)19(25)23-18-11-6-5-10-17(18)20(26)24(4)14-21(2,3)13-22;/h5-12H,13-14,22H2,1-4H3,(H,23,25);1H. The number of hydrogen-bond acceptors (Lipinski definition) is 3. The van der Waals surface area contributed by atoms with Gasteiger partial charge in [0, 0.05) is 19.2 Å². The molecule has 0 atom stereocenters. The van der Waals surface area contributed by atoms with Crippen LogP contribution in [0.5, 0.6) is 0 Å². The predicted octanol–water partition coefficient (Wildman–Crippen LogP) is 3.73. The van der Waals surface area contributed by atoms with Crippen molar-refractivity contribution >= 4 is 29.9 Å². The normalized spacial score (nSPS) is 10.7.